The molecule has 1 aliphatic heterocycles. The lowest BCUT2D eigenvalue weighted by Gasteiger charge is -2.38. The fraction of sp³-hybridized carbons (Fsp3) is 1.00. The van der Waals surface area contributed by atoms with E-state index >= 15 is 0 Å². The summed E-state index contributed by atoms with van der Waals surface area (Å²) in [7, 11) is -3.03. The molecule has 0 aromatic carbocycles. The summed E-state index contributed by atoms with van der Waals surface area (Å²) >= 11 is 0. The van der Waals surface area contributed by atoms with Crippen LogP contribution in [0.3, 0.4) is 0 Å². The molecule has 0 spiro atoms. The van der Waals surface area contributed by atoms with E-state index in [4.69, 9.17) is 18.5 Å². The summed E-state index contributed by atoms with van der Waals surface area (Å²) in [6, 6.07) is 0. The first kappa shape index (κ1) is 19.8. The Bertz CT molecular complexity index is 437. The van der Waals surface area contributed by atoms with Gasteiger partial charge < -0.3 is 18.5 Å². The van der Waals surface area contributed by atoms with Crippen LogP contribution in [0.25, 0.3) is 0 Å². The Morgan fingerprint density at radius 1 is 0.920 bits per heavy atom. The van der Waals surface area contributed by atoms with Crippen molar-refractivity contribution < 1.29 is 23.1 Å². The van der Waals surface area contributed by atoms with E-state index in [0.29, 0.717) is 38.8 Å². The minimum absolute atomic E-state index is 0.0669. The second-order valence-corrected chi connectivity index (χ2v) is 10.0. The second kappa shape index (κ2) is 9.32. The molecule has 3 fully saturated rings. The molecular formula is C19H35O5P. The van der Waals surface area contributed by atoms with Crippen LogP contribution in [0.2, 0.25) is 0 Å². The second-order valence-electron chi connectivity index (χ2n) is 7.68. The zero-order valence-electron chi connectivity index (χ0n) is 15.7. The highest BCUT2D eigenvalue weighted by atomic mass is 31.2. The van der Waals surface area contributed by atoms with Gasteiger partial charge >= 0.3 is 7.60 Å². The summed E-state index contributed by atoms with van der Waals surface area (Å²) in [5.41, 5.74) is 0.0669. The number of ether oxygens (including phenoxy) is 2. The fourth-order valence-corrected chi connectivity index (χ4v) is 6.94. The van der Waals surface area contributed by atoms with Crippen LogP contribution in [-0.2, 0) is 23.1 Å². The van der Waals surface area contributed by atoms with Gasteiger partial charge in [-0.2, -0.15) is 0 Å². The maximum Gasteiger partial charge on any atom is 0.333 e. The molecule has 5 nitrogen and oxygen atoms in total. The SMILES string of the molecule is CCOP(=O)(OCCC1(C2CCCCC2)OCCO1)C1CCCCC1. The van der Waals surface area contributed by atoms with E-state index in [2.05, 4.69) is 0 Å². The van der Waals surface area contributed by atoms with Gasteiger partial charge in [0.15, 0.2) is 5.79 Å². The van der Waals surface area contributed by atoms with Crippen LogP contribution in [0, 0.1) is 5.92 Å². The van der Waals surface area contributed by atoms with E-state index in [1.807, 2.05) is 6.92 Å². The van der Waals surface area contributed by atoms with E-state index in [0.717, 1.165) is 38.5 Å². The van der Waals surface area contributed by atoms with Crippen molar-refractivity contribution in [2.45, 2.75) is 89.0 Å². The first-order valence-corrected chi connectivity index (χ1v) is 12.0. The van der Waals surface area contributed by atoms with Crippen molar-refractivity contribution in [3.63, 3.8) is 0 Å². The predicted molar refractivity (Wildman–Crippen MR) is 97.9 cm³/mol. The summed E-state index contributed by atoms with van der Waals surface area (Å²) in [6.07, 6.45) is 12.2. The summed E-state index contributed by atoms with van der Waals surface area (Å²) < 4.78 is 37.1. The third-order valence-corrected chi connectivity index (χ3v) is 8.63. The van der Waals surface area contributed by atoms with Crippen LogP contribution in [0.4, 0.5) is 0 Å². The monoisotopic (exact) mass is 374 g/mol. The van der Waals surface area contributed by atoms with Crippen molar-refractivity contribution in [1.82, 2.24) is 0 Å². The Morgan fingerprint density at radius 3 is 2.12 bits per heavy atom. The van der Waals surface area contributed by atoms with Crippen molar-refractivity contribution in [1.29, 1.82) is 0 Å². The van der Waals surface area contributed by atoms with Crippen molar-refractivity contribution in [3.8, 4) is 0 Å². The molecule has 0 bridgehead atoms. The summed E-state index contributed by atoms with van der Waals surface area (Å²) in [5.74, 6) is -0.0853. The lowest BCUT2D eigenvalue weighted by Crippen LogP contribution is -2.41. The molecule has 0 N–H and O–H groups in total. The normalized spacial score (nSPS) is 28.0. The third kappa shape index (κ3) is 4.87. The molecule has 0 aromatic rings. The summed E-state index contributed by atoms with van der Waals surface area (Å²) in [5, 5.41) is 0. The topological polar surface area (TPSA) is 54.0 Å². The molecule has 25 heavy (non-hydrogen) atoms. The van der Waals surface area contributed by atoms with Gasteiger partial charge in [0.25, 0.3) is 0 Å². The van der Waals surface area contributed by atoms with Gasteiger partial charge in [-0.25, -0.2) is 0 Å². The van der Waals surface area contributed by atoms with Crippen LogP contribution in [-0.4, -0.2) is 37.9 Å². The average molecular weight is 374 g/mol. The largest absolute Gasteiger partial charge is 0.347 e. The van der Waals surface area contributed by atoms with Gasteiger partial charge in [-0.05, 0) is 32.6 Å². The first-order chi connectivity index (χ1) is 12.2. The number of hydrogen-bond acceptors (Lipinski definition) is 5. The molecule has 2 aliphatic carbocycles. The first-order valence-electron chi connectivity index (χ1n) is 10.4. The molecule has 1 atom stereocenters. The van der Waals surface area contributed by atoms with Gasteiger partial charge in [0.05, 0.1) is 32.1 Å². The van der Waals surface area contributed by atoms with Crippen LogP contribution < -0.4 is 0 Å². The van der Waals surface area contributed by atoms with Crippen molar-refractivity contribution in [2.75, 3.05) is 26.4 Å². The van der Waals surface area contributed by atoms with Crippen molar-refractivity contribution >= 4 is 7.60 Å². The van der Waals surface area contributed by atoms with E-state index < -0.39 is 13.4 Å². The van der Waals surface area contributed by atoms with Gasteiger partial charge in [0.1, 0.15) is 0 Å². The zero-order chi connectivity index (χ0) is 17.6. The maximum absolute atomic E-state index is 13.3. The average Bonchev–Trinajstić information content (AvgIpc) is 3.13. The summed E-state index contributed by atoms with van der Waals surface area (Å²) in [4.78, 5) is 0. The molecule has 2 saturated carbocycles. The maximum atomic E-state index is 13.3. The van der Waals surface area contributed by atoms with E-state index in [-0.39, 0.29) is 5.66 Å². The molecule has 1 heterocycles. The smallest absolute Gasteiger partial charge is 0.333 e. The molecule has 3 aliphatic rings. The molecule has 1 saturated heterocycles. The fourth-order valence-electron chi connectivity index (χ4n) is 4.74. The van der Waals surface area contributed by atoms with Gasteiger partial charge in [0, 0.05) is 12.3 Å². The highest BCUT2D eigenvalue weighted by molar-refractivity contribution is 7.54. The minimum Gasteiger partial charge on any atom is -0.347 e. The Morgan fingerprint density at radius 2 is 1.52 bits per heavy atom. The van der Waals surface area contributed by atoms with Crippen molar-refractivity contribution in [2.24, 2.45) is 5.92 Å². The molecular weight excluding hydrogens is 339 g/mol. The molecule has 0 radical (unpaired) electrons. The van der Waals surface area contributed by atoms with Gasteiger partial charge in [-0.3, -0.25) is 4.57 Å². The lowest BCUT2D eigenvalue weighted by molar-refractivity contribution is -0.209. The van der Waals surface area contributed by atoms with Crippen molar-refractivity contribution in [3.05, 3.63) is 0 Å². The highest BCUT2D eigenvalue weighted by Crippen LogP contribution is 2.58. The van der Waals surface area contributed by atoms with E-state index in [1.165, 1.54) is 25.7 Å². The minimum atomic E-state index is -3.03. The number of rotatable bonds is 8. The van der Waals surface area contributed by atoms with Gasteiger partial charge in [0.2, 0.25) is 0 Å². The van der Waals surface area contributed by atoms with Crippen LogP contribution >= 0.6 is 7.60 Å². The molecule has 6 heteroatoms. The van der Waals surface area contributed by atoms with Gasteiger partial charge in [-0.15, -0.1) is 0 Å². The Balaban J connectivity index is 1.58. The van der Waals surface area contributed by atoms with Crippen LogP contribution in [0.1, 0.15) is 77.6 Å². The Hall–Kier alpha value is 0.0700. The Kier molecular flexibility index (Phi) is 7.39. The standard InChI is InChI=1S/C19H35O5P/c1-2-23-25(20,18-11-7-4-8-12-18)24-14-13-19(21-15-16-22-19)17-9-5-3-6-10-17/h17-18H,2-16H2,1H3. The third-order valence-electron chi connectivity index (χ3n) is 6.06. The molecule has 3 rings (SSSR count). The summed E-state index contributed by atoms with van der Waals surface area (Å²) in [6.45, 7) is 4.04. The molecule has 0 aromatic heterocycles. The predicted octanol–water partition coefficient (Wildman–Crippen LogP) is 5.28. The quantitative estimate of drug-likeness (QED) is 0.541. The van der Waals surface area contributed by atoms with Crippen LogP contribution in [0.15, 0.2) is 0 Å². The van der Waals surface area contributed by atoms with Gasteiger partial charge in [-0.1, -0.05) is 38.5 Å². The lowest BCUT2D eigenvalue weighted by atomic mass is 9.82. The Labute approximate surface area is 152 Å². The van der Waals surface area contributed by atoms with Crippen LogP contribution in [0.5, 0.6) is 0 Å². The van der Waals surface area contributed by atoms with E-state index in [9.17, 15) is 4.57 Å². The molecule has 0 amide bonds. The zero-order valence-corrected chi connectivity index (χ0v) is 16.6. The molecule has 146 valence electrons. The number of hydrogen-bond donors (Lipinski definition) is 0. The molecule has 1 unspecified atom stereocenters. The van der Waals surface area contributed by atoms with E-state index in [1.54, 1.807) is 0 Å². The highest BCUT2D eigenvalue weighted by Gasteiger charge is 2.45.